The Kier molecular flexibility index (Phi) is 4.98. The SMILES string of the molecule is [2H]C([2H])([2H])n1cc(-c2cc(OC(C)(C)c3nccs3)c3c(Nc4ccc(F)c(Cl)c4F)ncnc3c2)cn1. The number of ether oxygens (including phenoxy) is 1. The molecule has 0 aliphatic rings. The Hall–Kier alpha value is -3.63. The summed E-state index contributed by atoms with van der Waals surface area (Å²) in [4.78, 5) is 13.0. The molecule has 0 spiro atoms. The van der Waals surface area contributed by atoms with Gasteiger partial charge in [0.2, 0.25) is 0 Å². The molecule has 0 atom stereocenters. The number of halogens is 3. The lowest BCUT2D eigenvalue weighted by molar-refractivity contribution is 0.110. The van der Waals surface area contributed by atoms with Gasteiger partial charge in [-0.3, -0.25) is 4.68 Å². The van der Waals surface area contributed by atoms with Gasteiger partial charge in [-0.2, -0.15) is 5.10 Å². The van der Waals surface area contributed by atoms with E-state index in [0.717, 1.165) is 10.7 Å². The Balaban J connectivity index is 1.68. The summed E-state index contributed by atoms with van der Waals surface area (Å²) < 4.78 is 58.6. The molecule has 178 valence electrons. The van der Waals surface area contributed by atoms with Crippen molar-refractivity contribution in [1.82, 2.24) is 24.7 Å². The number of hydrogen-bond donors (Lipinski definition) is 1. The summed E-state index contributed by atoms with van der Waals surface area (Å²) in [6.07, 6.45) is 5.78. The van der Waals surface area contributed by atoms with Crippen LogP contribution in [-0.4, -0.2) is 24.7 Å². The Bertz CT molecular complexity index is 1640. The van der Waals surface area contributed by atoms with Crippen LogP contribution < -0.4 is 10.1 Å². The molecule has 3 aromatic heterocycles. The molecule has 5 aromatic rings. The summed E-state index contributed by atoms with van der Waals surface area (Å²) in [5.74, 6) is -1.36. The smallest absolute Gasteiger partial charge is 0.168 e. The second kappa shape index (κ2) is 8.86. The van der Waals surface area contributed by atoms with Crippen molar-refractivity contribution in [3.8, 4) is 16.9 Å². The number of benzene rings is 2. The van der Waals surface area contributed by atoms with Gasteiger partial charge in [0, 0.05) is 34.4 Å². The highest BCUT2D eigenvalue weighted by atomic mass is 35.5. The van der Waals surface area contributed by atoms with E-state index in [2.05, 4.69) is 25.4 Å². The van der Waals surface area contributed by atoms with Crippen molar-refractivity contribution >= 4 is 45.3 Å². The number of rotatable bonds is 6. The van der Waals surface area contributed by atoms with E-state index < -0.39 is 29.2 Å². The zero-order valence-corrected chi connectivity index (χ0v) is 20.0. The Labute approximate surface area is 212 Å². The molecule has 1 N–H and O–H groups in total. The van der Waals surface area contributed by atoms with E-state index in [-0.39, 0.29) is 11.5 Å². The molecule has 7 nitrogen and oxygen atoms in total. The highest BCUT2D eigenvalue weighted by Gasteiger charge is 2.28. The van der Waals surface area contributed by atoms with Gasteiger partial charge in [0.15, 0.2) is 11.4 Å². The van der Waals surface area contributed by atoms with Gasteiger partial charge in [0.05, 0.1) is 22.8 Å². The molecule has 0 aliphatic carbocycles. The summed E-state index contributed by atoms with van der Waals surface area (Å²) in [5.41, 5.74) is 0.535. The minimum Gasteiger partial charge on any atom is -0.480 e. The van der Waals surface area contributed by atoms with Crippen molar-refractivity contribution in [2.24, 2.45) is 6.98 Å². The molecule has 0 saturated carbocycles. The third-order valence-electron chi connectivity index (χ3n) is 5.22. The van der Waals surface area contributed by atoms with E-state index in [9.17, 15) is 8.78 Å². The molecule has 35 heavy (non-hydrogen) atoms. The summed E-state index contributed by atoms with van der Waals surface area (Å²) in [5, 5.41) is 9.12. The predicted octanol–water partition coefficient (Wildman–Crippen LogP) is 6.48. The van der Waals surface area contributed by atoms with E-state index >= 15 is 0 Å². The first kappa shape index (κ1) is 19.7. The molecule has 0 radical (unpaired) electrons. The highest BCUT2D eigenvalue weighted by Crippen LogP contribution is 2.40. The summed E-state index contributed by atoms with van der Waals surface area (Å²) in [6.45, 7) is 1.24. The van der Waals surface area contributed by atoms with Crippen molar-refractivity contribution in [2.45, 2.75) is 19.4 Å². The van der Waals surface area contributed by atoms with Crippen LogP contribution in [0.4, 0.5) is 20.3 Å². The minimum atomic E-state index is -2.44. The number of thiazole rings is 1. The number of nitrogens with zero attached hydrogens (tertiary/aromatic N) is 5. The van der Waals surface area contributed by atoms with Crippen LogP contribution in [0.5, 0.6) is 5.75 Å². The van der Waals surface area contributed by atoms with Crippen LogP contribution in [-0.2, 0) is 12.6 Å². The van der Waals surface area contributed by atoms with Gasteiger partial charge in [0.1, 0.15) is 33.7 Å². The zero-order valence-electron chi connectivity index (χ0n) is 21.4. The van der Waals surface area contributed by atoms with E-state index in [1.807, 2.05) is 19.2 Å². The number of nitrogens with one attached hydrogen (secondary N) is 1. The van der Waals surface area contributed by atoms with Gasteiger partial charge < -0.3 is 10.1 Å². The fraction of sp³-hybridized carbons (Fsp3) is 0.167. The lowest BCUT2D eigenvalue weighted by Gasteiger charge is -2.26. The topological polar surface area (TPSA) is 77.8 Å². The largest absolute Gasteiger partial charge is 0.480 e. The second-order valence-electron chi connectivity index (χ2n) is 8.06. The minimum absolute atomic E-state index is 0.0930. The first-order valence-corrected chi connectivity index (χ1v) is 11.5. The maximum absolute atomic E-state index is 14.7. The van der Waals surface area contributed by atoms with Gasteiger partial charge in [-0.15, -0.1) is 11.3 Å². The average Bonchev–Trinajstić information content (AvgIpc) is 3.57. The van der Waals surface area contributed by atoms with Gasteiger partial charge in [-0.1, -0.05) is 11.6 Å². The first-order valence-electron chi connectivity index (χ1n) is 11.8. The fourth-order valence-corrected chi connectivity index (χ4v) is 4.42. The van der Waals surface area contributed by atoms with E-state index in [4.69, 9.17) is 20.5 Å². The second-order valence-corrected chi connectivity index (χ2v) is 9.33. The number of hydrogen-bond acceptors (Lipinski definition) is 7. The van der Waals surface area contributed by atoms with Crippen molar-refractivity contribution in [3.63, 3.8) is 0 Å². The Morgan fingerprint density at radius 1 is 1.17 bits per heavy atom. The fourth-order valence-electron chi connectivity index (χ4n) is 3.56. The third kappa shape index (κ3) is 4.42. The number of anilines is 2. The van der Waals surface area contributed by atoms with Crippen molar-refractivity contribution in [3.05, 3.63) is 76.2 Å². The maximum Gasteiger partial charge on any atom is 0.168 e. The first-order chi connectivity index (χ1) is 17.9. The quantitative estimate of drug-likeness (QED) is 0.261. The zero-order chi connectivity index (χ0) is 27.2. The molecule has 5 rings (SSSR count). The molecule has 0 unspecified atom stereocenters. The van der Waals surface area contributed by atoms with Crippen LogP contribution >= 0.6 is 22.9 Å². The number of aromatic nitrogens is 5. The molecule has 3 heterocycles. The highest BCUT2D eigenvalue weighted by molar-refractivity contribution is 7.09. The Morgan fingerprint density at radius 3 is 2.77 bits per heavy atom. The molecular formula is C24H19ClF2N6OS. The lowest BCUT2D eigenvalue weighted by atomic mass is 10.0. The van der Waals surface area contributed by atoms with E-state index in [0.29, 0.717) is 32.8 Å². The van der Waals surface area contributed by atoms with E-state index in [1.165, 1.54) is 36.1 Å². The van der Waals surface area contributed by atoms with Gasteiger partial charge >= 0.3 is 0 Å². The monoisotopic (exact) mass is 515 g/mol. The van der Waals surface area contributed by atoms with Crippen molar-refractivity contribution in [2.75, 3.05) is 5.32 Å². The molecule has 11 heteroatoms. The maximum atomic E-state index is 14.7. The predicted molar refractivity (Wildman–Crippen MR) is 132 cm³/mol. The van der Waals surface area contributed by atoms with Gasteiger partial charge in [0.25, 0.3) is 0 Å². The van der Waals surface area contributed by atoms with Gasteiger partial charge in [-0.05, 0) is 43.7 Å². The molecule has 0 amide bonds. The molecule has 0 bridgehead atoms. The molecule has 0 fully saturated rings. The van der Waals surface area contributed by atoms with Crippen molar-refractivity contribution in [1.29, 1.82) is 0 Å². The van der Waals surface area contributed by atoms with Crippen molar-refractivity contribution < 1.29 is 17.6 Å². The summed E-state index contributed by atoms with van der Waals surface area (Å²) in [6, 6.07) is 5.66. The number of aryl methyl sites for hydroxylation is 1. The summed E-state index contributed by atoms with van der Waals surface area (Å²) in [7, 11) is 0. The molecule has 0 saturated heterocycles. The van der Waals surface area contributed by atoms with E-state index in [1.54, 1.807) is 18.3 Å². The molecule has 0 aliphatic heterocycles. The number of fused-ring (bicyclic) bond motifs is 1. The van der Waals surface area contributed by atoms with Crippen LogP contribution in [0.3, 0.4) is 0 Å². The lowest BCUT2D eigenvalue weighted by Crippen LogP contribution is -2.25. The standard InChI is InChI=1S/C24H19ClF2N6OS/c1-24(2,23-28-6-7-35-23)34-18-9-13(14-10-31-33(3)11-14)8-17-19(18)22(30-12-29-17)32-16-5-4-15(26)20(25)21(16)27/h4-12H,1-3H3,(H,29,30,32)/i3D3. The van der Waals surface area contributed by atoms with Crippen LogP contribution in [0.2, 0.25) is 5.02 Å². The normalized spacial score (nSPS) is 13.3. The van der Waals surface area contributed by atoms with Gasteiger partial charge in [-0.25, -0.2) is 23.7 Å². The Morgan fingerprint density at radius 2 is 2.03 bits per heavy atom. The van der Waals surface area contributed by atoms with Crippen LogP contribution in [0.25, 0.3) is 22.0 Å². The molecule has 2 aromatic carbocycles. The average molecular weight is 516 g/mol. The third-order valence-corrected chi connectivity index (χ3v) is 6.64. The van der Waals surface area contributed by atoms with Crippen LogP contribution in [0.1, 0.15) is 23.0 Å². The van der Waals surface area contributed by atoms with Crippen LogP contribution in [0, 0.1) is 11.6 Å². The molecular weight excluding hydrogens is 494 g/mol. The van der Waals surface area contributed by atoms with Crippen LogP contribution in [0.15, 0.2) is 54.6 Å². The summed E-state index contributed by atoms with van der Waals surface area (Å²) >= 11 is 7.18.